The molecule has 0 unspecified atom stereocenters. The molecule has 0 saturated carbocycles. The maximum atomic E-state index is 5.95. The third kappa shape index (κ3) is 8.01. The van der Waals surface area contributed by atoms with Gasteiger partial charge in [0.2, 0.25) is 0 Å². The summed E-state index contributed by atoms with van der Waals surface area (Å²) in [5.74, 6) is 0. The van der Waals surface area contributed by atoms with Crippen molar-refractivity contribution in [3.8, 4) is 11.1 Å². The fraction of sp³-hybridized carbons (Fsp3) is 0.236. The highest BCUT2D eigenvalue weighted by molar-refractivity contribution is 5.98. The number of benzene rings is 6. The lowest BCUT2D eigenvalue weighted by Gasteiger charge is -2.30. The van der Waals surface area contributed by atoms with Crippen LogP contribution in [0.4, 0.5) is 22.7 Å². The van der Waals surface area contributed by atoms with Gasteiger partial charge in [0.15, 0.2) is 12.6 Å². The molecular formula is C55H54N2O4. The molecule has 0 aromatic heterocycles. The van der Waals surface area contributed by atoms with Crippen molar-refractivity contribution in [2.24, 2.45) is 0 Å². The van der Waals surface area contributed by atoms with Gasteiger partial charge in [-0.2, -0.15) is 0 Å². The molecule has 2 saturated heterocycles. The van der Waals surface area contributed by atoms with Crippen LogP contribution in [-0.4, -0.2) is 32.7 Å². The number of fused-ring (bicyclic) bond motifs is 4. The molecule has 6 nitrogen and oxygen atoms in total. The smallest absolute Gasteiger partial charge is 0.184 e. The highest BCUT2D eigenvalue weighted by Crippen LogP contribution is 2.52. The van der Waals surface area contributed by atoms with Gasteiger partial charge in [-0.15, -0.1) is 0 Å². The molecule has 0 spiro atoms. The lowest BCUT2D eigenvalue weighted by atomic mass is 9.82. The van der Waals surface area contributed by atoms with Gasteiger partial charge in [0.05, 0.1) is 32.1 Å². The van der Waals surface area contributed by atoms with Crippen LogP contribution in [0.25, 0.3) is 28.0 Å². The summed E-state index contributed by atoms with van der Waals surface area (Å²) < 4.78 is 23.8. The minimum atomic E-state index is -0.377. The van der Waals surface area contributed by atoms with E-state index >= 15 is 0 Å². The van der Waals surface area contributed by atoms with E-state index in [0.29, 0.717) is 33.0 Å². The molecule has 3 aliphatic rings. The Labute approximate surface area is 360 Å². The van der Waals surface area contributed by atoms with Gasteiger partial charge in [-0.05, 0) is 112 Å². The largest absolute Gasteiger partial charge is 0.346 e. The molecule has 0 atom stereocenters. The minimum absolute atomic E-state index is 0.304. The van der Waals surface area contributed by atoms with Crippen molar-refractivity contribution < 1.29 is 18.9 Å². The van der Waals surface area contributed by atoms with E-state index in [2.05, 4.69) is 196 Å². The molecule has 9 rings (SSSR count). The zero-order valence-electron chi connectivity index (χ0n) is 35.6. The van der Waals surface area contributed by atoms with E-state index in [9.17, 15) is 0 Å². The Balaban J connectivity index is 1.15. The third-order valence-electron chi connectivity index (χ3n) is 12.1. The summed E-state index contributed by atoms with van der Waals surface area (Å²) in [5.41, 5.74) is 14.6. The number of nitrogens with zero attached hydrogens (tertiary/aromatic N) is 2. The van der Waals surface area contributed by atoms with Crippen LogP contribution in [0.1, 0.15) is 68.2 Å². The van der Waals surface area contributed by atoms with Crippen LogP contribution < -0.4 is 9.80 Å². The Morgan fingerprint density at radius 2 is 1.38 bits per heavy atom. The first-order chi connectivity index (χ1) is 29.8. The van der Waals surface area contributed by atoms with Crippen molar-refractivity contribution in [1.82, 2.24) is 0 Å². The summed E-state index contributed by atoms with van der Waals surface area (Å²) >= 11 is 0. The second-order valence-corrected chi connectivity index (χ2v) is 16.5. The van der Waals surface area contributed by atoms with E-state index in [4.69, 9.17) is 18.9 Å². The molecule has 6 heteroatoms. The van der Waals surface area contributed by atoms with Gasteiger partial charge in [0.1, 0.15) is 0 Å². The third-order valence-corrected chi connectivity index (χ3v) is 12.1. The fourth-order valence-corrected chi connectivity index (χ4v) is 9.06. The summed E-state index contributed by atoms with van der Waals surface area (Å²) in [7, 11) is 0. The van der Waals surface area contributed by atoms with Crippen LogP contribution in [0.3, 0.4) is 0 Å². The SMILES string of the molecule is C=C/C=C(\C=C(/C)C1OCCO1)N(c1ccc2c(c1)C(C)(C)c1cc(N(Cc3ccccc3/C=C\CC)c3cccc(C4OCCO4)c3)ccc1-2)c1cccc2ccccc12. The van der Waals surface area contributed by atoms with E-state index in [0.717, 1.165) is 51.4 Å². The molecule has 61 heavy (non-hydrogen) atoms. The lowest BCUT2D eigenvalue weighted by Crippen LogP contribution is -2.21. The van der Waals surface area contributed by atoms with Gasteiger partial charge >= 0.3 is 0 Å². The van der Waals surface area contributed by atoms with Crippen LogP contribution >= 0.6 is 0 Å². The number of hydrogen-bond acceptors (Lipinski definition) is 6. The Hall–Kier alpha value is -6.02. The molecule has 2 heterocycles. The van der Waals surface area contributed by atoms with Crippen LogP contribution in [-0.2, 0) is 30.9 Å². The van der Waals surface area contributed by atoms with Crippen molar-refractivity contribution in [2.45, 2.75) is 58.7 Å². The average molecular weight is 807 g/mol. The number of ether oxygens (including phenoxy) is 4. The van der Waals surface area contributed by atoms with Gasteiger partial charge in [0, 0.05) is 45.7 Å². The highest BCUT2D eigenvalue weighted by Gasteiger charge is 2.37. The maximum Gasteiger partial charge on any atom is 0.184 e. The number of rotatable bonds is 13. The molecule has 0 N–H and O–H groups in total. The maximum absolute atomic E-state index is 5.95. The quantitative estimate of drug-likeness (QED) is 0.108. The van der Waals surface area contributed by atoms with Crippen LogP contribution in [0.2, 0.25) is 0 Å². The first kappa shape index (κ1) is 40.4. The topological polar surface area (TPSA) is 43.4 Å². The zero-order chi connectivity index (χ0) is 41.9. The van der Waals surface area contributed by atoms with Crippen molar-refractivity contribution in [3.05, 3.63) is 197 Å². The van der Waals surface area contributed by atoms with E-state index in [-0.39, 0.29) is 18.0 Å². The van der Waals surface area contributed by atoms with Crippen LogP contribution in [0.5, 0.6) is 0 Å². The van der Waals surface area contributed by atoms with Gasteiger partial charge in [-0.3, -0.25) is 0 Å². The first-order valence-corrected chi connectivity index (χ1v) is 21.5. The standard InChI is InChI=1S/C55H54N2O4/c1-6-8-16-39-17-9-10-19-42(39)37-56(43-22-13-21-41(34-43)54-60-31-32-61-54)44-25-27-48-49-28-26-46(36-51(49)55(4,5)50(48)35-44)57(52-24-14-20-40-18-11-12-23-47(40)52)45(15-7-2)33-38(3)53-58-29-30-59-53/h7-28,33-36,53-54H,2,6,29-32,37H2,1,3-5H3/b16-8-,38-33+,45-15+. The zero-order valence-corrected chi connectivity index (χ0v) is 35.6. The van der Waals surface area contributed by atoms with Crippen LogP contribution in [0.15, 0.2) is 170 Å². The molecule has 0 amide bonds. The van der Waals surface area contributed by atoms with E-state index < -0.39 is 0 Å². The van der Waals surface area contributed by atoms with Crippen molar-refractivity contribution in [3.63, 3.8) is 0 Å². The molecule has 0 bridgehead atoms. The van der Waals surface area contributed by atoms with E-state index in [1.54, 1.807) is 0 Å². The van der Waals surface area contributed by atoms with E-state index in [1.165, 1.54) is 38.8 Å². The Morgan fingerprint density at radius 3 is 2.15 bits per heavy atom. The van der Waals surface area contributed by atoms with Gasteiger partial charge < -0.3 is 28.7 Å². The number of allylic oxidation sites excluding steroid dienone is 4. The summed E-state index contributed by atoms with van der Waals surface area (Å²) in [6, 6.07) is 46.4. The van der Waals surface area contributed by atoms with Crippen molar-refractivity contribution >= 4 is 39.6 Å². The average Bonchev–Trinajstić information content (AvgIpc) is 4.08. The van der Waals surface area contributed by atoms with Gasteiger partial charge in [-0.1, -0.05) is 131 Å². The normalized spacial score (nSPS) is 16.7. The molecule has 6 aromatic rings. The highest BCUT2D eigenvalue weighted by atomic mass is 16.7. The van der Waals surface area contributed by atoms with Crippen LogP contribution in [0, 0.1) is 0 Å². The monoisotopic (exact) mass is 806 g/mol. The van der Waals surface area contributed by atoms with Crippen molar-refractivity contribution in [1.29, 1.82) is 0 Å². The molecule has 308 valence electrons. The Kier molecular flexibility index (Phi) is 11.6. The summed E-state index contributed by atoms with van der Waals surface area (Å²) in [6.45, 7) is 16.2. The van der Waals surface area contributed by atoms with E-state index in [1.807, 2.05) is 6.08 Å². The summed E-state index contributed by atoms with van der Waals surface area (Å²) in [5, 5.41) is 2.34. The fourth-order valence-electron chi connectivity index (χ4n) is 9.06. The molecule has 1 aliphatic carbocycles. The predicted molar refractivity (Wildman–Crippen MR) is 251 cm³/mol. The number of anilines is 4. The molecule has 2 aliphatic heterocycles. The molecule has 2 fully saturated rings. The molecule has 0 radical (unpaired) electrons. The van der Waals surface area contributed by atoms with Gasteiger partial charge in [-0.25, -0.2) is 0 Å². The van der Waals surface area contributed by atoms with Crippen molar-refractivity contribution in [2.75, 3.05) is 36.2 Å². The second-order valence-electron chi connectivity index (χ2n) is 16.5. The summed E-state index contributed by atoms with van der Waals surface area (Å²) in [6.07, 6.45) is 10.8. The molecular weight excluding hydrogens is 753 g/mol. The minimum Gasteiger partial charge on any atom is -0.346 e. The summed E-state index contributed by atoms with van der Waals surface area (Å²) in [4.78, 5) is 4.78. The lowest BCUT2D eigenvalue weighted by molar-refractivity contribution is -0.0440. The molecule has 6 aromatic carbocycles. The Bertz CT molecular complexity index is 2660. The Morgan fingerprint density at radius 1 is 0.721 bits per heavy atom. The number of hydrogen-bond donors (Lipinski definition) is 0. The predicted octanol–water partition coefficient (Wildman–Crippen LogP) is 13.5. The van der Waals surface area contributed by atoms with Gasteiger partial charge in [0.25, 0.3) is 0 Å². The second kappa shape index (κ2) is 17.5. The first-order valence-electron chi connectivity index (χ1n) is 21.5.